The molecule has 0 amide bonds. The number of fused-ring (bicyclic) bond motifs is 1. The van der Waals surface area contributed by atoms with Gasteiger partial charge in [-0.1, -0.05) is 17.7 Å². The monoisotopic (exact) mass is 321 g/mol. The first-order chi connectivity index (χ1) is 10.4. The number of carbonyl (C=O) groups excluding carboxylic acids is 2. The molecular weight excluding hydrogens is 310 g/mol. The zero-order valence-electron chi connectivity index (χ0n) is 11.8. The summed E-state index contributed by atoms with van der Waals surface area (Å²) in [5.41, 5.74) is 1.02. The molecule has 1 fully saturated rings. The summed E-state index contributed by atoms with van der Waals surface area (Å²) in [6.45, 7) is 2.97. The molecule has 0 spiro atoms. The van der Waals surface area contributed by atoms with Gasteiger partial charge in [-0.2, -0.15) is 5.10 Å². The second-order valence-corrected chi connectivity index (χ2v) is 5.50. The van der Waals surface area contributed by atoms with Crippen LogP contribution in [0, 0.1) is 0 Å². The van der Waals surface area contributed by atoms with Crippen LogP contribution in [0.2, 0.25) is 5.15 Å². The smallest absolute Gasteiger partial charge is 0.350 e. The fourth-order valence-electron chi connectivity index (χ4n) is 2.08. The third-order valence-corrected chi connectivity index (χ3v) is 3.30. The largest absolute Gasteiger partial charge is 0.419 e. The highest BCUT2D eigenvalue weighted by Gasteiger charge is 2.38. The summed E-state index contributed by atoms with van der Waals surface area (Å²) in [5.74, 6) is -2.77. The molecule has 22 heavy (non-hydrogen) atoms. The number of hydrogen-bond donors (Lipinski definition) is 2. The molecule has 2 aromatic rings. The maximum Gasteiger partial charge on any atom is 0.350 e. The van der Waals surface area contributed by atoms with Crippen molar-refractivity contribution < 1.29 is 19.1 Å². The summed E-state index contributed by atoms with van der Waals surface area (Å²) in [7, 11) is 0. The summed E-state index contributed by atoms with van der Waals surface area (Å²) < 4.78 is 10.0. The van der Waals surface area contributed by atoms with Gasteiger partial charge >= 0.3 is 11.9 Å². The van der Waals surface area contributed by atoms with Crippen LogP contribution >= 0.6 is 11.6 Å². The molecule has 2 N–H and O–H groups in total. The molecule has 1 aromatic heterocycles. The fraction of sp³-hybridized carbons (Fsp3) is 0.214. The normalized spacial score (nSPS) is 17.1. The number of H-pyrrole nitrogens is 1. The Morgan fingerprint density at radius 1 is 1.27 bits per heavy atom. The van der Waals surface area contributed by atoms with E-state index in [1.165, 1.54) is 20.0 Å². The standard InChI is InChI=1S/C14H12ClN3O4/c1-14(2)21-12(19)7(13(20)22-14)6-16-8-4-3-5-9-10(8)11(15)18-17-9/h3-6,16H,1-2H3,(H,17,18). The molecule has 0 saturated carbocycles. The molecule has 7 nitrogen and oxygen atoms in total. The van der Waals surface area contributed by atoms with E-state index >= 15 is 0 Å². The third-order valence-electron chi connectivity index (χ3n) is 3.03. The quantitative estimate of drug-likeness (QED) is 0.501. The minimum atomic E-state index is -1.26. The van der Waals surface area contributed by atoms with Gasteiger partial charge in [-0.3, -0.25) is 5.10 Å². The Labute approximate surface area is 130 Å². The summed E-state index contributed by atoms with van der Waals surface area (Å²) in [5, 5.41) is 10.5. The molecule has 3 rings (SSSR count). The van der Waals surface area contributed by atoms with Gasteiger partial charge in [0.2, 0.25) is 0 Å². The van der Waals surface area contributed by atoms with Crippen LogP contribution in [0.4, 0.5) is 5.69 Å². The number of aromatic nitrogens is 2. The summed E-state index contributed by atoms with van der Waals surface area (Å²) in [6, 6.07) is 5.28. The van der Waals surface area contributed by atoms with E-state index in [9.17, 15) is 9.59 Å². The molecule has 8 heteroatoms. The van der Waals surface area contributed by atoms with Crippen LogP contribution in [0.15, 0.2) is 30.0 Å². The first kappa shape index (κ1) is 14.4. The summed E-state index contributed by atoms with van der Waals surface area (Å²) in [6.07, 6.45) is 1.23. The van der Waals surface area contributed by atoms with Crippen molar-refractivity contribution in [3.8, 4) is 0 Å². The van der Waals surface area contributed by atoms with Crippen molar-refractivity contribution in [3.63, 3.8) is 0 Å². The number of nitrogens with zero attached hydrogens (tertiary/aromatic N) is 1. The first-order valence-corrected chi connectivity index (χ1v) is 6.81. The molecule has 0 bridgehead atoms. The molecule has 0 atom stereocenters. The van der Waals surface area contributed by atoms with Crippen molar-refractivity contribution in [2.45, 2.75) is 19.6 Å². The lowest BCUT2D eigenvalue weighted by Crippen LogP contribution is -2.42. The van der Waals surface area contributed by atoms with Crippen molar-refractivity contribution >= 4 is 40.1 Å². The Hall–Kier alpha value is -2.54. The summed E-state index contributed by atoms with van der Waals surface area (Å²) in [4.78, 5) is 23.7. The Morgan fingerprint density at radius 3 is 2.64 bits per heavy atom. The number of aromatic amines is 1. The molecule has 0 aliphatic carbocycles. The second-order valence-electron chi connectivity index (χ2n) is 5.12. The van der Waals surface area contributed by atoms with Crippen molar-refractivity contribution in [3.05, 3.63) is 35.1 Å². The Balaban J connectivity index is 1.91. The van der Waals surface area contributed by atoms with E-state index in [0.717, 1.165) is 0 Å². The molecule has 1 aliphatic rings. The van der Waals surface area contributed by atoms with Crippen LogP contribution in [0.25, 0.3) is 10.9 Å². The highest BCUT2D eigenvalue weighted by Crippen LogP contribution is 2.29. The van der Waals surface area contributed by atoms with E-state index < -0.39 is 17.7 Å². The van der Waals surface area contributed by atoms with Gasteiger partial charge in [0.1, 0.15) is 5.15 Å². The van der Waals surface area contributed by atoms with E-state index in [2.05, 4.69) is 15.5 Å². The van der Waals surface area contributed by atoms with Crippen LogP contribution < -0.4 is 5.32 Å². The van der Waals surface area contributed by atoms with E-state index in [4.69, 9.17) is 21.1 Å². The van der Waals surface area contributed by atoms with E-state index in [0.29, 0.717) is 21.7 Å². The number of halogens is 1. The third kappa shape index (κ3) is 2.50. The molecule has 1 aliphatic heterocycles. The van der Waals surface area contributed by atoms with Crippen LogP contribution in [0.1, 0.15) is 13.8 Å². The van der Waals surface area contributed by atoms with Crippen molar-refractivity contribution in [1.29, 1.82) is 0 Å². The maximum absolute atomic E-state index is 11.8. The zero-order chi connectivity index (χ0) is 15.9. The predicted molar refractivity (Wildman–Crippen MR) is 79.1 cm³/mol. The lowest BCUT2D eigenvalue weighted by Gasteiger charge is -2.29. The highest BCUT2D eigenvalue weighted by atomic mass is 35.5. The van der Waals surface area contributed by atoms with Crippen molar-refractivity contribution in [1.82, 2.24) is 10.2 Å². The van der Waals surface area contributed by atoms with E-state index in [1.807, 2.05) is 0 Å². The average molecular weight is 322 g/mol. The number of rotatable bonds is 2. The number of benzene rings is 1. The van der Waals surface area contributed by atoms with Gasteiger partial charge in [0.15, 0.2) is 5.57 Å². The molecule has 1 aromatic carbocycles. The first-order valence-electron chi connectivity index (χ1n) is 6.43. The number of esters is 2. The molecular formula is C14H12ClN3O4. The SMILES string of the molecule is CC1(C)OC(=O)C(=CNc2cccc3n[nH]c(Cl)c23)C(=O)O1. The number of hydrogen-bond acceptors (Lipinski definition) is 6. The van der Waals surface area contributed by atoms with Crippen LogP contribution in [0.3, 0.4) is 0 Å². The van der Waals surface area contributed by atoms with Gasteiger partial charge < -0.3 is 14.8 Å². The highest BCUT2D eigenvalue weighted by molar-refractivity contribution is 6.35. The number of carbonyl (C=O) groups is 2. The van der Waals surface area contributed by atoms with Gasteiger partial charge in [0, 0.05) is 20.0 Å². The average Bonchev–Trinajstić information content (AvgIpc) is 2.79. The van der Waals surface area contributed by atoms with Crippen LogP contribution in [0.5, 0.6) is 0 Å². The minimum absolute atomic E-state index is 0.226. The van der Waals surface area contributed by atoms with Gasteiger partial charge in [-0.05, 0) is 12.1 Å². The summed E-state index contributed by atoms with van der Waals surface area (Å²) >= 11 is 6.03. The van der Waals surface area contributed by atoms with Crippen LogP contribution in [-0.2, 0) is 19.1 Å². The van der Waals surface area contributed by atoms with Crippen molar-refractivity contribution in [2.75, 3.05) is 5.32 Å². The molecule has 0 unspecified atom stereocenters. The second kappa shape index (κ2) is 5.03. The lowest BCUT2D eigenvalue weighted by molar-refractivity contribution is -0.222. The number of nitrogens with one attached hydrogen (secondary N) is 2. The maximum atomic E-state index is 11.8. The van der Waals surface area contributed by atoms with Gasteiger partial charge in [-0.15, -0.1) is 0 Å². The molecule has 114 valence electrons. The van der Waals surface area contributed by atoms with Gasteiger partial charge in [0.05, 0.1) is 16.6 Å². The van der Waals surface area contributed by atoms with E-state index in [-0.39, 0.29) is 5.57 Å². The van der Waals surface area contributed by atoms with Crippen LogP contribution in [-0.4, -0.2) is 27.9 Å². The number of ether oxygens (including phenoxy) is 2. The zero-order valence-corrected chi connectivity index (χ0v) is 12.5. The van der Waals surface area contributed by atoms with E-state index in [1.54, 1.807) is 18.2 Å². The number of cyclic esters (lactones) is 2. The molecule has 1 saturated heterocycles. The fourth-order valence-corrected chi connectivity index (χ4v) is 2.32. The van der Waals surface area contributed by atoms with Gasteiger partial charge in [-0.25, -0.2) is 9.59 Å². The lowest BCUT2D eigenvalue weighted by atomic mass is 10.2. The number of anilines is 1. The Morgan fingerprint density at radius 2 is 1.95 bits per heavy atom. The van der Waals surface area contributed by atoms with Gasteiger partial charge in [0.25, 0.3) is 5.79 Å². The Bertz CT molecular complexity index is 788. The molecule has 2 heterocycles. The topological polar surface area (TPSA) is 93.3 Å². The van der Waals surface area contributed by atoms with Crippen molar-refractivity contribution in [2.24, 2.45) is 0 Å². The minimum Gasteiger partial charge on any atom is -0.419 e. The molecule has 0 radical (unpaired) electrons. The Kier molecular flexibility index (Phi) is 3.29. The predicted octanol–water partition coefficient (Wildman–Crippen LogP) is 2.35.